The summed E-state index contributed by atoms with van der Waals surface area (Å²) in [5.41, 5.74) is 5.32. The van der Waals surface area contributed by atoms with Gasteiger partial charge in [0.1, 0.15) is 0 Å². The van der Waals surface area contributed by atoms with E-state index in [0.29, 0.717) is 12.2 Å². The van der Waals surface area contributed by atoms with Gasteiger partial charge in [0.2, 0.25) is 0 Å². The Labute approximate surface area is 142 Å². The Bertz CT molecular complexity index is 839. The molecule has 0 fully saturated rings. The number of nitrogens with zero attached hydrogens (tertiary/aromatic N) is 1. The first-order valence-corrected chi connectivity index (χ1v) is 7.98. The van der Waals surface area contributed by atoms with Gasteiger partial charge in [-0.3, -0.25) is 4.98 Å². The molecule has 0 atom stereocenters. The maximum atomic E-state index is 12.3. The van der Waals surface area contributed by atoms with Gasteiger partial charge in [0, 0.05) is 11.8 Å². The first kappa shape index (κ1) is 15.9. The van der Waals surface area contributed by atoms with E-state index in [9.17, 15) is 4.79 Å². The first-order chi connectivity index (χ1) is 11.7. The number of aromatic nitrogens is 1. The van der Waals surface area contributed by atoms with Gasteiger partial charge in [-0.1, -0.05) is 60.2 Å². The Hall–Kier alpha value is -2.94. The van der Waals surface area contributed by atoms with Crippen LogP contribution in [-0.4, -0.2) is 17.6 Å². The molecule has 24 heavy (non-hydrogen) atoms. The minimum absolute atomic E-state index is 0.340. The summed E-state index contributed by atoms with van der Waals surface area (Å²) in [6, 6.07) is 20.0. The maximum absolute atomic E-state index is 12.3. The van der Waals surface area contributed by atoms with Crippen LogP contribution in [0.25, 0.3) is 22.4 Å². The number of ether oxygens (including phenoxy) is 1. The van der Waals surface area contributed by atoms with Crippen LogP contribution in [0.2, 0.25) is 0 Å². The van der Waals surface area contributed by atoms with E-state index in [2.05, 4.69) is 4.98 Å². The Balaban J connectivity index is 2.13. The molecule has 1 heterocycles. The molecule has 0 bridgehead atoms. The lowest BCUT2D eigenvalue weighted by molar-refractivity contribution is 0.0527. The van der Waals surface area contributed by atoms with Crippen molar-refractivity contribution in [1.82, 2.24) is 4.98 Å². The van der Waals surface area contributed by atoms with Crippen molar-refractivity contribution in [2.75, 3.05) is 6.61 Å². The molecular formula is C21H19NO2. The van der Waals surface area contributed by atoms with Crippen LogP contribution in [0, 0.1) is 6.92 Å². The number of pyridine rings is 1. The Morgan fingerprint density at radius 2 is 1.71 bits per heavy atom. The Morgan fingerprint density at radius 1 is 1.00 bits per heavy atom. The van der Waals surface area contributed by atoms with Gasteiger partial charge in [-0.2, -0.15) is 0 Å². The summed E-state index contributed by atoms with van der Waals surface area (Å²) >= 11 is 0. The summed E-state index contributed by atoms with van der Waals surface area (Å²) < 4.78 is 5.18. The number of hydrogen-bond donors (Lipinski definition) is 0. The van der Waals surface area contributed by atoms with Gasteiger partial charge in [-0.25, -0.2) is 4.79 Å². The predicted octanol–water partition coefficient (Wildman–Crippen LogP) is 4.90. The largest absolute Gasteiger partial charge is 0.462 e. The Kier molecular flexibility index (Phi) is 4.71. The average molecular weight is 317 g/mol. The number of carbonyl (C=O) groups is 1. The van der Waals surface area contributed by atoms with E-state index in [1.165, 1.54) is 5.56 Å². The van der Waals surface area contributed by atoms with Crippen LogP contribution in [0.3, 0.4) is 0 Å². The van der Waals surface area contributed by atoms with Crippen LogP contribution < -0.4 is 0 Å². The number of esters is 1. The number of aryl methyl sites for hydroxylation is 1. The van der Waals surface area contributed by atoms with Crippen LogP contribution in [0.4, 0.5) is 0 Å². The molecule has 1 aromatic heterocycles. The standard InChI is InChI=1S/C21H19NO2/c1-3-24-21(23)19-14-22-20(17-7-5-4-6-8-17)13-18(19)16-11-9-15(2)10-12-16/h4-14H,3H2,1-2H3. The number of benzene rings is 2. The summed E-state index contributed by atoms with van der Waals surface area (Å²) in [5.74, 6) is -0.347. The minimum Gasteiger partial charge on any atom is -0.462 e. The SMILES string of the molecule is CCOC(=O)c1cnc(-c2ccccc2)cc1-c1ccc(C)cc1. The molecule has 0 saturated carbocycles. The third-order valence-corrected chi connectivity index (χ3v) is 3.83. The molecule has 0 N–H and O–H groups in total. The zero-order chi connectivity index (χ0) is 16.9. The molecule has 0 spiro atoms. The zero-order valence-corrected chi connectivity index (χ0v) is 13.8. The van der Waals surface area contributed by atoms with E-state index in [-0.39, 0.29) is 5.97 Å². The second kappa shape index (κ2) is 7.09. The van der Waals surface area contributed by atoms with E-state index in [0.717, 1.165) is 22.4 Å². The molecule has 0 aliphatic carbocycles. The molecule has 0 aliphatic heterocycles. The van der Waals surface area contributed by atoms with Gasteiger partial charge in [-0.05, 0) is 31.0 Å². The lowest BCUT2D eigenvalue weighted by Crippen LogP contribution is -2.07. The summed E-state index contributed by atoms with van der Waals surface area (Å²) in [7, 11) is 0. The lowest BCUT2D eigenvalue weighted by Gasteiger charge is -2.11. The third kappa shape index (κ3) is 3.35. The molecule has 0 unspecified atom stereocenters. The van der Waals surface area contributed by atoms with E-state index in [1.807, 2.05) is 67.6 Å². The Morgan fingerprint density at radius 3 is 2.38 bits per heavy atom. The van der Waals surface area contributed by atoms with Crippen LogP contribution in [0.5, 0.6) is 0 Å². The lowest BCUT2D eigenvalue weighted by atomic mass is 9.98. The molecule has 0 aliphatic rings. The van der Waals surface area contributed by atoms with Crippen LogP contribution in [0.15, 0.2) is 66.9 Å². The monoisotopic (exact) mass is 317 g/mol. The predicted molar refractivity (Wildman–Crippen MR) is 95.8 cm³/mol. The highest BCUT2D eigenvalue weighted by Gasteiger charge is 2.16. The summed E-state index contributed by atoms with van der Waals surface area (Å²) in [5, 5.41) is 0. The van der Waals surface area contributed by atoms with Gasteiger partial charge >= 0.3 is 5.97 Å². The van der Waals surface area contributed by atoms with E-state index >= 15 is 0 Å². The van der Waals surface area contributed by atoms with Crippen molar-refractivity contribution in [3.8, 4) is 22.4 Å². The van der Waals surface area contributed by atoms with Crippen LogP contribution in [0.1, 0.15) is 22.8 Å². The smallest absolute Gasteiger partial charge is 0.340 e. The second-order valence-electron chi connectivity index (χ2n) is 5.57. The summed E-state index contributed by atoms with van der Waals surface area (Å²) in [6.07, 6.45) is 1.61. The van der Waals surface area contributed by atoms with E-state index < -0.39 is 0 Å². The van der Waals surface area contributed by atoms with Crippen LogP contribution >= 0.6 is 0 Å². The van der Waals surface area contributed by atoms with Gasteiger partial charge in [0.15, 0.2) is 0 Å². The molecule has 0 radical (unpaired) electrons. The first-order valence-electron chi connectivity index (χ1n) is 7.98. The van der Waals surface area contributed by atoms with Crippen molar-refractivity contribution in [3.63, 3.8) is 0 Å². The van der Waals surface area contributed by atoms with E-state index in [4.69, 9.17) is 4.74 Å². The molecule has 3 nitrogen and oxygen atoms in total. The molecule has 3 aromatic rings. The highest BCUT2D eigenvalue weighted by atomic mass is 16.5. The topological polar surface area (TPSA) is 39.2 Å². The quantitative estimate of drug-likeness (QED) is 0.642. The highest BCUT2D eigenvalue weighted by Crippen LogP contribution is 2.28. The maximum Gasteiger partial charge on any atom is 0.340 e. The van der Waals surface area contributed by atoms with Gasteiger partial charge in [0.25, 0.3) is 0 Å². The minimum atomic E-state index is -0.347. The van der Waals surface area contributed by atoms with Crippen molar-refractivity contribution in [1.29, 1.82) is 0 Å². The summed E-state index contributed by atoms with van der Waals surface area (Å²) in [4.78, 5) is 16.7. The van der Waals surface area contributed by atoms with Crippen molar-refractivity contribution in [2.45, 2.75) is 13.8 Å². The third-order valence-electron chi connectivity index (χ3n) is 3.83. The number of hydrogen-bond acceptors (Lipinski definition) is 3. The summed E-state index contributed by atoms with van der Waals surface area (Å²) in [6.45, 7) is 4.18. The van der Waals surface area contributed by atoms with Crippen molar-refractivity contribution >= 4 is 5.97 Å². The second-order valence-corrected chi connectivity index (χ2v) is 5.57. The van der Waals surface area contributed by atoms with Gasteiger partial charge < -0.3 is 4.74 Å². The molecule has 120 valence electrons. The molecular weight excluding hydrogens is 298 g/mol. The molecule has 2 aromatic carbocycles. The van der Waals surface area contributed by atoms with Crippen LogP contribution in [-0.2, 0) is 4.74 Å². The molecule has 3 rings (SSSR count). The fraction of sp³-hybridized carbons (Fsp3) is 0.143. The highest BCUT2D eigenvalue weighted by molar-refractivity contribution is 5.97. The number of rotatable bonds is 4. The zero-order valence-electron chi connectivity index (χ0n) is 13.8. The normalized spacial score (nSPS) is 10.4. The van der Waals surface area contributed by atoms with Crippen molar-refractivity contribution in [3.05, 3.63) is 78.0 Å². The van der Waals surface area contributed by atoms with Crippen molar-refractivity contribution < 1.29 is 9.53 Å². The fourth-order valence-electron chi connectivity index (χ4n) is 2.57. The van der Waals surface area contributed by atoms with Gasteiger partial charge in [-0.15, -0.1) is 0 Å². The number of carbonyl (C=O) groups excluding carboxylic acids is 1. The van der Waals surface area contributed by atoms with Crippen molar-refractivity contribution in [2.24, 2.45) is 0 Å². The molecule has 3 heteroatoms. The molecule has 0 saturated heterocycles. The van der Waals surface area contributed by atoms with Gasteiger partial charge in [0.05, 0.1) is 17.9 Å². The van der Waals surface area contributed by atoms with E-state index in [1.54, 1.807) is 13.1 Å². The molecule has 0 amide bonds. The average Bonchev–Trinajstić information content (AvgIpc) is 2.63. The fourth-order valence-corrected chi connectivity index (χ4v) is 2.57.